The van der Waals surface area contributed by atoms with E-state index in [2.05, 4.69) is 15.6 Å². The molecule has 0 saturated carbocycles. The molecule has 0 radical (unpaired) electrons. The molecule has 10 heteroatoms. The maximum Gasteiger partial charge on any atom is 0.416 e. The summed E-state index contributed by atoms with van der Waals surface area (Å²) in [6.07, 6.45) is -3.14. The quantitative estimate of drug-likeness (QED) is 0.437. The summed E-state index contributed by atoms with van der Waals surface area (Å²) in [4.78, 5) is 29.6. The van der Waals surface area contributed by atoms with Gasteiger partial charge in [-0.05, 0) is 49.4 Å². The van der Waals surface area contributed by atoms with Crippen LogP contribution < -0.4 is 10.6 Å². The van der Waals surface area contributed by atoms with Crippen LogP contribution in [0.5, 0.6) is 0 Å². The number of anilines is 1. The molecule has 4 rings (SSSR count). The molecule has 7 nitrogen and oxygen atoms in total. The van der Waals surface area contributed by atoms with Crippen LogP contribution in [-0.2, 0) is 17.5 Å². The van der Waals surface area contributed by atoms with E-state index in [-0.39, 0.29) is 18.0 Å². The van der Waals surface area contributed by atoms with Gasteiger partial charge in [0.15, 0.2) is 5.76 Å². The Balaban J connectivity index is 1.58. The minimum atomic E-state index is -4.52. The third-order valence-electron chi connectivity index (χ3n) is 4.94. The van der Waals surface area contributed by atoms with E-state index in [1.807, 2.05) is 0 Å². The highest BCUT2D eigenvalue weighted by atomic mass is 19.4. The molecule has 33 heavy (non-hydrogen) atoms. The number of furan rings is 1. The Morgan fingerprint density at radius 3 is 2.61 bits per heavy atom. The van der Waals surface area contributed by atoms with Gasteiger partial charge in [-0.15, -0.1) is 0 Å². The lowest BCUT2D eigenvalue weighted by Gasteiger charge is -2.16. The van der Waals surface area contributed by atoms with E-state index in [4.69, 9.17) is 4.42 Å². The SMILES string of the molecule is CC(NC(=O)c1ccco1)c1nc2ccccc2n1CC(=O)Nc1cccc(C(F)(F)F)c1. The molecule has 2 aromatic heterocycles. The first kappa shape index (κ1) is 22.1. The summed E-state index contributed by atoms with van der Waals surface area (Å²) in [7, 11) is 0. The highest BCUT2D eigenvalue weighted by Crippen LogP contribution is 2.30. The molecule has 0 spiro atoms. The Kier molecular flexibility index (Phi) is 5.91. The number of alkyl halides is 3. The first-order chi connectivity index (χ1) is 15.7. The number of halogens is 3. The number of para-hydroxylation sites is 2. The van der Waals surface area contributed by atoms with Crippen molar-refractivity contribution in [3.63, 3.8) is 0 Å². The van der Waals surface area contributed by atoms with Crippen LogP contribution in [0.4, 0.5) is 18.9 Å². The number of amides is 2. The summed E-state index contributed by atoms with van der Waals surface area (Å²) in [6, 6.07) is 14.0. The number of aromatic nitrogens is 2. The predicted molar refractivity (Wildman–Crippen MR) is 114 cm³/mol. The van der Waals surface area contributed by atoms with Gasteiger partial charge in [-0.25, -0.2) is 4.98 Å². The van der Waals surface area contributed by atoms with Crippen LogP contribution in [0.2, 0.25) is 0 Å². The standard InChI is InChI=1S/C23H19F3N4O3/c1-14(27-22(32)19-10-5-11-33-19)21-29-17-8-2-3-9-18(17)30(21)13-20(31)28-16-7-4-6-15(12-16)23(24,25)26/h2-12,14H,13H2,1H3,(H,27,32)(H,28,31). The molecule has 0 bridgehead atoms. The fraction of sp³-hybridized carbons (Fsp3) is 0.174. The summed E-state index contributed by atoms with van der Waals surface area (Å²) >= 11 is 0. The highest BCUT2D eigenvalue weighted by molar-refractivity contribution is 5.93. The molecule has 2 aromatic carbocycles. The lowest BCUT2D eigenvalue weighted by Crippen LogP contribution is -2.29. The molecule has 2 heterocycles. The van der Waals surface area contributed by atoms with E-state index < -0.39 is 29.6 Å². The maximum atomic E-state index is 13.0. The number of hydrogen-bond acceptors (Lipinski definition) is 4. The predicted octanol–water partition coefficient (Wildman–Crippen LogP) is 4.78. The van der Waals surface area contributed by atoms with Crippen LogP contribution in [0.3, 0.4) is 0 Å². The average Bonchev–Trinajstić information content (AvgIpc) is 3.42. The van der Waals surface area contributed by atoms with Crippen molar-refractivity contribution >= 4 is 28.5 Å². The van der Waals surface area contributed by atoms with Gasteiger partial charge in [0.2, 0.25) is 5.91 Å². The smallest absolute Gasteiger partial charge is 0.416 e. The molecule has 0 fully saturated rings. The lowest BCUT2D eigenvalue weighted by atomic mass is 10.2. The van der Waals surface area contributed by atoms with Gasteiger partial charge in [-0.1, -0.05) is 18.2 Å². The number of benzene rings is 2. The second-order valence-corrected chi connectivity index (χ2v) is 7.34. The highest BCUT2D eigenvalue weighted by Gasteiger charge is 2.30. The molecule has 1 unspecified atom stereocenters. The molecule has 170 valence electrons. The second-order valence-electron chi connectivity index (χ2n) is 7.34. The van der Waals surface area contributed by atoms with E-state index in [0.29, 0.717) is 16.9 Å². The zero-order valence-electron chi connectivity index (χ0n) is 17.4. The molecule has 0 aliphatic rings. The molecule has 2 amide bonds. The Morgan fingerprint density at radius 2 is 1.88 bits per heavy atom. The molecular weight excluding hydrogens is 437 g/mol. The summed E-state index contributed by atoms with van der Waals surface area (Å²) in [5, 5.41) is 5.27. The summed E-state index contributed by atoms with van der Waals surface area (Å²) in [6.45, 7) is 1.50. The first-order valence-electron chi connectivity index (χ1n) is 9.99. The number of nitrogens with zero attached hydrogens (tertiary/aromatic N) is 2. The topological polar surface area (TPSA) is 89.2 Å². The number of hydrogen-bond donors (Lipinski definition) is 2. The van der Waals surface area contributed by atoms with Gasteiger partial charge >= 0.3 is 6.18 Å². The van der Waals surface area contributed by atoms with E-state index in [0.717, 1.165) is 12.1 Å². The van der Waals surface area contributed by atoms with Gasteiger partial charge in [-0.3, -0.25) is 9.59 Å². The molecule has 1 atom stereocenters. The number of imidazole rings is 1. The van der Waals surface area contributed by atoms with Crippen molar-refractivity contribution < 1.29 is 27.2 Å². The zero-order valence-corrected chi connectivity index (χ0v) is 17.4. The van der Waals surface area contributed by atoms with Crippen LogP contribution in [0, 0.1) is 0 Å². The fourth-order valence-electron chi connectivity index (χ4n) is 3.45. The monoisotopic (exact) mass is 456 g/mol. The third-order valence-corrected chi connectivity index (χ3v) is 4.94. The van der Waals surface area contributed by atoms with Crippen LogP contribution in [0.1, 0.15) is 34.9 Å². The molecule has 0 saturated heterocycles. The van der Waals surface area contributed by atoms with Crippen molar-refractivity contribution in [1.82, 2.24) is 14.9 Å². The minimum absolute atomic E-state index is 0.0277. The van der Waals surface area contributed by atoms with Crippen molar-refractivity contribution in [2.45, 2.75) is 25.7 Å². The van der Waals surface area contributed by atoms with Gasteiger partial charge in [0.25, 0.3) is 5.91 Å². The van der Waals surface area contributed by atoms with Gasteiger partial charge in [0.1, 0.15) is 12.4 Å². The normalized spacial score (nSPS) is 12.5. The van der Waals surface area contributed by atoms with Crippen molar-refractivity contribution in [2.75, 3.05) is 5.32 Å². The Bertz CT molecular complexity index is 1300. The molecule has 0 aliphatic heterocycles. The van der Waals surface area contributed by atoms with Crippen molar-refractivity contribution in [1.29, 1.82) is 0 Å². The maximum absolute atomic E-state index is 13.0. The third kappa shape index (κ3) is 4.89. The molecule has 0 aliphatic carbocycles. The van der Waals surface area contributed by atoms with E-state index in [9.17, 15) is 22.8 Å². The minimum Gasteiger partial charge on any atom is -0.459 e. The summed E-state index contributed by atoms with van der Waals surface area (Å²) < 4.78 is 45.6. The van der Waals surface area contributed by atoms with Crippen LogP contribution in [0.25, 0.3) is 11.0 Å². The fourth-order valence-corrected chi connectivity index (χ4v) is 3.45. The number of nitrogens with one attached hydrogen (secondary N) is 2. The Morgan fingerprint density at radius 1 is 1.09 bits per heavy atom. The summed E-state index contributed by atoms with van der Waals surface area (Å²) in [5.74, 6) is -0.440. The lowest BCUT2D eigenvalue weighted by molar-refractivity contribution is -0.137. The van der Waals surface area contributed by atoms with Crippen LogP contribution in [-0.4, -0.2) is 21.4 Å². The van der Waals surface area contributed by atoms with Gasteiger partial charge in [-0.2, -0.15) is 13.2 Å². The first-order valence-corrected chi connectivity index (χ1v) is 9.99. The van der Waals surface area contributed by atoms with Gasteiger partial charge in [0, 0.05) is 5.69 Å². The second kappa shape index (κ2) is 8.81. The zero-order chi connectivity index (χ0) is 23.6. The molecule has 4 aromatic rings. The summed E-state index contributed by atoms with van der Waals surface area (Å²) in [5.41, 5.74) is 0.424. The van der Waals surface area contributed by atoms with Gasteiger partial charge < -0.3 is 19.6 Å². The van der Waals surface area contributed by atoms with Crippen LogP contribution in [0.15, 0.2) is 71.3 Å². The average molecular weight is 456 g/mol. The molecular formula is C23H19F3N4O3. The van der Waals surface area contributed by atoms with E-state index >= 15 is 0 Å². The number of rotatable bonds is 6. The largest absolute Gasteiger partial charge is 0.459 e. The van der Waals surface area contributed by atoms with Crippen molar-refractivity contribution in [2.24, 2.45) is 0 Å². The van der Waals surface area contributed by atoms with Crippen LogP contribution >= 0.6 is 0 Å². The van der Waals surface area contributed by atoms with Crippen molar-refractivity contribution in [3.8, 4) is 0 Å². The number of carbonyl (C=O) groups is 2. The number of fused-ring (bicyclic) bond motifs is 1. The Hall–Kier alpha value is -4.08. The van der Waals surface area contributed by atoms with E-state index in [1.165, 1.54) is 24.5 Å². The van der Waals surface area contributed by atoms with Gasteiger partial charge in [0.05, 0.1) is 28.9 Å². The van der Waals surface area contributed by atoms with E-state index in [1.54, 1.807) is 41.8 Å². The Labute approximate surface area is 186 Å². The molecule has 2 N–H and O–H groups in total. The number of carbonyl (C=O) groups excluding carboxylic acids is 2. The van der Waals surface area contributed by atoms with Crippen molar-refractivity contribution in [3.05, 3.63) is 84.1 Å².